The van der Waals surface area contributed by atoms with E-state index in [4.69, 9.17) is 4.74 Å². The van der Waals surface area contributed by atoms with Gasteiger partial charge in [0, 0.05) is 18.0 Å². The summed E-state index contributed by atoms with van der Waals surface area (Å²) in [7, 11) is 1.55. The van der Waals surface area contributed by atoms with Gasteiger partial charge in [0.1, 0.15) is 5.69 Å². The molecule has 23 heavy (non-hydrogen) atoms. The molecule has 0 spiro atoms. The number of rotatable bonds is 5. The van der Waals surface area contributed by atoms with E-state index in [1.165, 1.54) is 0 Å². The second-order valence-corrected chi connectivity index (χ2v) is 6.71. The second kappa shape index (κ2) is 5.81. The number of amides is 1. The first-order valence-corrected chi connectivity index (χ1v) is 7.86. The summed E-state index contributed by atoms with van der Waals surface area (Å²) in [5.41, 5.74) is -0.573. The maximum atomic E-state index is 12.9. The van der Waals surface area contributed by atoms with Gasteiger partial charge in [-0.25, -0.2) is 4.98 Å². The monoisotopic (exact) mass is 314 g/mol. The summed E-state index contributed by atoms with van der Waals surface area (Å²) in [6, 6.07) is 9.69. The second-order valence-electron chi connectivity index (χ2n) is 6.71. The van der Waals surface area contributed by atoms with E-state index in [9.17, 15) is 9.90 Å². The van der Waals surface area contributed by atoms with Gasteiger partial charge in [-0.1, -0.05) is 18.2 Å². The molecule has 1 aliphatic carbocycles. The highest BCUT2D eigenvalue weighted by Gasteiger charge is 2.36. The molecule has 0 atom stereocenters. The Bertz CT molecular complexity index is 733. The molecule has 0 bridgehead atoms. The molecule has 1 aromatic carbocycles. The molecule has 0 unspecified atom stereocenters. The average Bonchev–Trinajstić information content (AvgIpc) is 3.34. The van der Waals surface area contributed by atoms with Crippen molar-refractivity contribution in [3.8, 4) is 5.88 Å². The minimum absolute atomic E-state index is 0.154. The van der Waals surface area contributed by atoms with E-state index in [0.717, 1.165) is 23.6 Å². The third kappa shape index (κ3) is 3.45. The number of carbonyl (C=O) groups is 1. The molecular formula is C18H22N2O3. The first-order valence-electron chi connectivity index (χ1n) is 7.86. The molecule has 0 radical (unpaired) electrons. The molecule has 1 aromatic heterocycles. The van der Waals surface area contributed by atoms with Crippen LogP contribution < -0.4 is 4.74 Å². The van der Waals surface area contributed by atoms with Gasteiger partial charge in [-0.05, 0) is 44.2 Å². The Morgan fingerprint density at radius 3 is 2.70 bits per heavy atom. The molecule has 1 heterocycles. The van der Waals surface area contributed by atoms with Gasteiger partial charge >= 0.3 is 0 Å². The molecule has 1 fully saturated rings. The third-order valence-electron chi connectivity index (χ3n) is 3.92. The Labute approximate surface area is 135 Å². The number of nitrogens with zero attached hydrogens (tertiary/aromatic N) is 2. The fraction of sp³-hybridized carbons (Fsp3) is 0.444. The molecule has 122 valence electrons. The van der Waals surface area contributed by atoms with Gasteiger partial charge in [-0.15, -0.1) is 0 Å². The largest absolute Gasteiger partial charge is 0.481 e. The smallest absolute Gasteiger partial charge is 0.272 e. The summed E-state index contributed by atoms with van der Waals surface area (Å²) < 4.78 is 5.34. The number of pyridine rings is 1. The van der Waals surface area contributed by atoms with Crippen molar-refractivity contribution in [2.45, 2.75) is 38.3 Å². The first-order chi connectivity index (χ1) is 10.9. The number of benzene rings is 1. The van der Waals surface area contributed by atoms with Crippen molar-refractivity contribution in [1.82, 2.24) is 9.88 Å². The van der Waals surface area contributed by atoms with Gasteiger partial charge in [0.2, 0.25) is 5.88 Å². The number of fused-ring (bicyclic) bond motifs is 1. The molecule has 1 N–H and O–H groups in total. The van der Waals surface area contributed by atoms with Gasteiger partial charge in [-0.2, -0.15) is 0 Å². The van der Waals surface area contributed by atoms with Crippen molar-refractivity contribution < 1.29 is 14.6 Å². The fourth-order valence-electron chi connectivity index (χ4n) is 2.75. The lowest BCUT2D eigenvalue weighted by Gasteiger charge is -2.29. The van der Waals surface area contributed by atoms with Crippen molar-refractivity contribution in [2.75, 3.05) is 13.7 Å². The van der Waals surface area contributed by atoms with Gasteiger partial charge in [0.05, 0.1) is 12.7 Å². The van der Waals surface area contributed by atoms with Crippen LogP contribution in [0.25, 0.3) is 10.8 Å². The van der Waals surface area contributed by atoms with Crippen LogP contribution in [0.4, 0.5) is 0 Å². The van der Waals surface area contributed by atoms with Crippen molar-refractivity contribution in [3.05, 3.63) is 36.0 Å². The van der Waals surface area contributed by atoms with Crippen LogP contribution >= 0.6 is 0 Å². The topological polar surface area (TPSA) is 62.7 Å². The zero-order valence-electron chi connectivity index (χ0n) is 13.7. The Kier molecular flexibility index (Phi) is 3.98. The summed E-state index contributed by atoms with van der Waals surface area (Å²) in [5, 5.41) is 11.9. The van der Waals surface area contributed by atoms with E-state index in [1.807, 2.05) is 24.3 Å². The summed E-state index contributed by atoms with van der Waals surface area (Å²) in [6.07, 6.45) is 1.96. The number of aromatic nitrogens is 1. The van der Waals surface area contributed by atoms with E-state index in [2.05, 4.69) is 4.98 Å². The summed E-state index contributed by atoms with van der Waals surface area (Å²) in [5.74, 6) is 0.295. The molecule has 3 rings (SSSR count). The zero-order chi connectivity index (χ0) is 16.6. The fourth-order valence-corrected chi connectivity index (χ4v) is 2.75. The molecule has 5 nitrogen and oxygen atoms in total. The standard InChI is InChI=1S/C18H22N2O3/c1-18(2,22)11-20(13-8-9-13)17(21)15-10-12-6-4-5-7-14(12)16(19-15)23-3/h4-7,10,13,22H,8-9,11H2,1-3H3. The summed E-state index contributed by atoms with van der Waals surface area (Å²) in [4.78, 5) is 19.0. The first kappa shape index (κ1) is 15.7. The highest BCUT2D eigenvalue weighted by molar-refractivity contribution is 5.98. The highest BCUT2D eigenvalue weighted by Crippen LogP contribution is 2.31. The van der Waals surface area contributed by atoms with Crippen molar-refractivity contribution in [2.24, 2.45) is 0 Å². The number of aliphatic hydroxyl groups is 1. The Hall–Kier alpha value is -2.14. The molecule has 2 aromatic rings. The molecule has 1 aliphatic rings. The quantitative estimate of drug-likeness (QED) is 0.921. The van der Waals surface area contributed by atoms with Gasteiger partial charge in [-0.3, -0.25) is 4.79 Å². The molecule has 1 saturated carbocycles. The third-order valence-corrected chi connectivity index (χ3v) is 3.92. The number of carbonyl (C=O) groups excluding carboxylic acids is 1. The van der Waals surface area contributed by atoms with Crippen LogP contribution in [-0.2, 0) is 0 Å². The minimum Gasteiger partial charge on any atom is -0.481 e. The number of hydrogen-bond acceptors (Lipinski definition) is 4. The molecule has 5 heteroatoms. The van der Waals surface area contributed by atoms with Gasteiger partial charge in [0.25, 0.3) is 5.91 Å². The maximum absolute atomic E-state index is 12.9. The minimum atomic E-state index is -0.931. The Morgan fingerprint density at radius 1 is 1.39 bits per heavy atom. The molecular weight excluding hydrogens is 292 g/mol. The van der Waals surface area contributed by atoms with Crippen LogP contribution in [0.15, 0.2) is 30.3 Å². The van der Waals surface area contributed by atoms with Gasteiger partial charge in [0.15, 0.2) is 0 Å². The van der Waals surface area contributed by atoms with Crippen LogP contribution in [0.5, 0.6) is 5.88 Å². The zero-order valence-corrected chi connectivity index (χ0v) is 13.7. The van der Waals surface area contributed by atoms with E-state index in [-0.39, 0.29) is 11.9 Å². The van der Waals surface area contributed by atoms with Crippen LogP contribution in [0.1, 0.15) is 37.2 Å². The molecule has 1 amide bonds. The lowest BCUT2D eigenvalue weighted by atomic mass is 10.1. The highest BCUT2D eigenvalue weighted by atomic mass is 16.5. The van der Waals surface area contributed by atoms with Crippen molar-refractivity contribution >= 4 is 16.7 Å². The molecule has 0 saturated heterocycles. The van der Waals surface area contributed by atoms with E-state index >= 15 is 0 Å². The normalized spacial score (nSPS) is 14.8. The van der Waals surface area contributed by atoms with Crippen molar-refractivity contribution in [1.29, 1.82) is 0 Å². The average molecular weight is 314 g/mol. The van der Waals surface area contributed by atoms with E-state index in [1.54, 1.807) is 31.9 Å². The summed E-state index contributed by atoms with van der Waals surface area (Å²) in [6.45, 7) is 3.72. The van der Waals surface area contributed by atoms with Crippen LogP contribution in [-0.4, -0.2) is 46.2 Å². The van der Waals surface area contributed by atoms with E-state index < -0.39 is 5.60 Å². The van der Waals surface area contributed by atoms with Crippen LogP contribution in [0.2, 0.25) is 0 Å². The molecule has 0 aliphatic heterocycles. The predicted octanol–water partition coefficient (Wildman–Crippen LogP) is 2.62. The van der Waals surface area contributed by atoms with Crippen molar-refractivity contribution in [3.63, 3.8) is 0 Å². The van der Waals surface area contributed by atoms with Crippen LogP contribution in [0.3, 0.4) is 0 Å². The van der Waals surface area contributed by atoms with Crippen LogP contribution in [0, 0.1) is 0 Å². The lowest BCUT2D eigenvalue weighted by molar-refractivity contribution is 0.0276. The number of hydrogen-bond donors (Lipinski definition) is 1. The van der Waals surface area contributed by atoms with E-state index in [0.29, 0.717) is 18.1 Å². The number of ether oxygens (including phenoxy) is 1. The SMILES string of the molecule is COc1nc(C(=O)N(CC(C)(C)O)C2CC2)cc2ccccc12. The Morgan fingerprint density at radius 2 is 2.09 bits per heavy atom. The Balaban J connectivity index is 1.99. The predicted molar refractivity (Wildman–Crippen MR) is 88.7 cm³/mol. The maximum Gasteiger partial charge on any atom is 0.272 e. The summed E-state index contributed by atoms with van der Waals surface area (Å²) >= 11 is 0. The van der Waals surface area contributed by atoms with Gasteiger partial charge < -0.3 is 14.7 Å². The number of methoxy groups -OCH3 is 1. The lowest BCUT2D eigenvalue weighted by Crippen LogP contribution is -2.43.